The molecule has 0 aliphatic heterocycles. The molecule has 138 valence electrons. The summed E-state index contributed by atoms with van der Waals surface area (Å²) in [5, 5.41) is 2.75. The lowest BCUT2D eigenvalue weighted by Crippen LogP contribution is -2.21. The van der Waals surface area contributed by atoms with Crippen molar-refractivity contribution in [3.8, 4) is 5.75 Å². The van der Waals surface area contributed by atoms with Gasteiger partial charge in [-0.1, -0.05) is 32.0 Å². The van der Waals surface area contributed by atoms with Crippen molar-refractivity contribution in [2.75, 3.05) is 19.0 Å². The molecule has 2 aromatic rings. The van der Waals surface area contributed by atoms with Gasteiger partial charge < -0.3 is 14.8 Å². The van der Waals surface area contributed by atoms with Gasteiger partial charge in [0.15, 0.2) is 18.2 Å². The van der Waals surface area contributed by atoms with E-state index in [1.807, 2.05) is 18.2 Å². The van der Waals surface area contributed by atoms with E-state index in [1.54, 1.807) is 6.07 Å². The van der Waals surface area contributed by atoms with Crippen molar-refractivity contribution in [2.24, 2.45) is 0 Å². The smallest absolute Gasteiger partial charge is 0.338 e. The fraction of sp³-hybridized carbons (Fsp3) is 0.300. The number of methoxy groups -OCH3 is 1. The van der Waals surface area contributed by atoms with Gasteiger partial charge in [0, 0.05) is 5.69 Å². The number of rotatable bonds is 7. The minimum absolute atomic E-state index is 0.0103. The number of para-hydroxylation sites is 1. The van der Waals surface area contributed by atoms with Crippen molar-refractivity contribution in [1.82, 2.24) is 0 Å². The minimum atomic E-state index is -0.781. The number of benzene rings is 2. The lowest BCUT2D eigenvalue weighted by atomic mass is 9.97. The summed E-state index contributed by atoms with van der Waals surface area (Å²) < 4.78 is 23.4. The molecule has 0 radical (unpaired) electrons. The highest BCUT2D eigenvalue weighted by Gasteiger charge is 2.15. The van der Waals surface area contributed by atoms with Gasteiger partial charge in [0.05, 0.1) is 12.7 Å². The monoisotopic (exact) mass is 359 g/mol. The van der Waals surface area contributed by atoms with E-state index in [0.29, 0.717) is 5.69 Å². The SMILES string of the molecule is CC[C@@H](C)c1ccccc1NC(=O)COC(=O)c1ccc(OC)c(F)c1. The Labute approximate surface area is 152 Å². The molecule has 26 heavy (non-hydrogen) atoms. The van der Waals surface area contributed by atoms with Gasteiger partial charge in [0.1, 0.15) is 0 Å². The zero-order valence-electron chi connectivity index (χ0n) is 15.0. The lowest BCUT2D eigenvalue weighted by Gasteiger charge is -2.15. The van der Waals surface area contributed by atoms with Crippen molar-refractivity contribution in [1.29, 1.82) is 0 Å². The minimum Gasteiger partial charge on any atom is -0.494 e. The van der Waals surface area contributed by atoms with Crippen LogP contribution in [0.2, 0.25) is 0 Å². The maximum Gasteiger partial charge on any atom is 0.338 e. The summed E-state index contributed by atoms with van der Waals surface area (Å²) in [5.41, 5.74) is 1.72. The largest absolute Gasteiger partial charge is 0.494 e. The first-order valence-electron chi connectivity index (χ1n) is 8.35. The van der Waals surface area contributed by atoms with E-state index in [2.05, 4.69) is 19.2 Å². The molecular formula is C20H22FNO4. The number of hydrogen-bond donors (Lipinski definition) is 1. The third kappa shape index (κ3) is 4.81. The number of carbonyl (C=O) groups is 2. The third-order valence-corrected chi connectivity index (χ3v) is 4.10. The van der Waals surface area contributed by atoms with Crippen molar-refractivity contribution in [3.63, 3.8) is 0 Å². The molecule has 0 saturated heterocycles. The molecule has 2 aromatic carbocycles. The Balaban J connectivity index is 1.97. The van der Waals surface area contributed by atoms with Crippen LogP contribution in [0.25, 0.3) is 0 Å². The van der Waals surface area contributed by atoms with Crippen LogP contribution in [0.5, 0.6) is 5.75 Å². The second-order valence-corrected chi connectivity index (χ2v) is 5.87. The highest BCUT2D eigenvalue weighted by Crippen LogP contribution is 2.26. The number of carbonyl (C=O) groups excluding carboxylic acids is 2. The molecule has 0 spiro atoms. The van der Waals surface area contributed by atoms with Crippen LogP contribution in [0.15, 0.2) is 42.5 Å². The van der Waals surface area contributed by atoms with E-state index >= 15 is 0 Å². The van der Waals surface area contributed by atoms with Gasteiger partial charge in [-0.05, 0) is 42.2 Å². The Kier molecular flexibility index (Phi) is 6.72. The van der Waals surface area contributed by atoms with Crippen LogP contribution in [-0.4, -0.2) is 25.6 Å². The van der Waals surface area contributed by atoms with Crippen molar-refractivity contribution < 1.29 is 23.5 Å². The summed E-state index contributed by atoms with van der Waals surface area (Å²) in [6.45, 7) is 3.68. The van der Waals surface area contributed by atoms with Crippen LogP contribution < -0.4 is 10.1 Å². The average molecular weight is 359 g/mol. The predicted molar refractivity (Wildman–Crippen MR) is 97.0 cm³/mol. The molecular weight excluding hydrogens is 337 g/mol. The summed E-state index contributed by atoms with van der Waals surface area (Å²) in [4.78, 5) is 24.1. The Morgan fingerprint density at radius 3 is 2.58 bits per heavy atom. The summed E-state index contributed by atoms with van der Waals surface area (Å²) in [6, 6.07) is 11.2. The highest BCUT2D eigenvalue weighted by molar-refractivity contribution is 5.96. The van der Waals surface area contributed by atoms with E-state index in [0.717, 1.165) is 18.1 Å². The first kappa shape index (κ1) is 19.4. The summed E-state index contributed by atoms with van der Waals surface area (Å²) in [5.74, 6) is -1.59. The summed E-state index contributed by atoms with van der Waals surface area (Å²) >= 11 is 0. The maximum absolute atomic E-state index is 13.6. The van der Waals surface area contributed by atoms with Gasteiger partial charge >= 0.3 is 5.97 Å². The number of hydrogen-bond acceptors (Lipinski definition) is 4. The maximum atomic E-state index is 13.6. The molecule has 1 amide bonds. The average Bonchev–Trinajstić information content (AvgIpc) is 2.65. The molecule has 0 heterocycles. The van der Waals surface area contributed by atoms with Crippen LogP contribution in [0, 0.1) is 5.82 Å². The third-order valence-electron chi connectivity index (χ3n) is 4.10. The molecule has 0 aromatic heterocycles. The molecule has 0 bridgehead atoms. The molecule has 1 atom stereocenters. The standard InChI is InChI=1S/C20H22FNO4/c1-4-13(2)15-7-5-6-8-17(15)22-19(23)12-26-20(24)14-9-10-18(25-3)16(21)11-14/h5-11,13H,4,12H2,1-3H3,(H,22,23)/t13-/m1/s1. The number of anilines is 1. The van der Waals surface area contributed by atoms with E-state index < -0.39 is 24.3 Å². The second-order valence-electron chi connectivity index (χ2n) is 5.87. The van der Waals surface area contributed by atoms with Crippen LogP contribution in [0.3, 0.4) is 0 Å². The molecule has 6 heteroatoms. The van der Waals surface area contributed by atoms with E-state index in [-0.39, 0.29) is 17.2 Å². The van der Waals surface area contributed by atoms with Gasteiger partial charge in [0.25, 0.3) is 5.91 Å². The van der Waals surface area contributed by atoms with Gasteiger partial charge in [-0.15, -0.1) is 0 Å². The Hall–Kier alpha value is -2.89. The molecule has 0 saturated carbocycles. The van der Waals surface area contributed by atoms with Gasteiger partial charge in [-0.2, -0.15) is 0 Å². The summed E-state index contributed by atoms with van der Waals surface area (Å²) in [7, 11) is 1.33. The number of amides is 1. The number of ether oxygens (including phenoxy) is 2. The first-order valence-corrected chi connectivity index (χ1v) is 8.35. The van der Waals surface area contributed by atoms with E-state index in [1.165, 1.54) is 19.2 Å². The zero-order chi connectivity index (χ0) is 19.1. The first-order chi connectivity index (χ1) is 12.5. The normalized spacial score (nSPS) is 11.5. The molecule has 0 fully saturated rings. The summed E-state index contributed by atoms with van der Waals surface area (Å²) in [6.07, 6.45) is 0.935. The Morgan fingerprint density at radius 2 is 1.92 bits per heavy atom. The van der Waals surface area contributed by atoms with Crippen LogP contribution in [0.1, 0.15) is 42.1 Å². The van der Waals surface area contributed by atoms with Crippen molar-refractivity contribution >= 4 is 17.6 Å². The van der Waals surface area contributed by atoms with Crippen molar-refractivity contribution in [3.05, 3.63) is 59.4 Å². The zero-order valence-corrected chi connectivity index (χ0v) is 15.0. The number of esters is 1. The lowest BCUT2D eigenvalue weighted by molar-refractivity contribution is -0.119. The quantitative estimate of drug-likeness (QED) is 0.755. The molecule has 0 aliphatic rings. The Morgan fingerprint density at radius 1 is 1.19 bits per heavy atom. The highest BCUT2D eigenvalue weighted by atomic mass is 19.1. The van der Waals surface area contributed by atoms with Crippen LogP contribution >= 0.6 is 0 Å². The molecule has 0 unspecified atom stereocenters. The fourth-order valence-electron chi connectivity index (χ4n) is 2.45. The van der Waals surface area contributed by atoms with Crippen molar-refractivity contribution in [2.45, 2.75) is 26.2 Å². The molecule has 0 aliphatic carbocycles. The van der Waals surface area contributed by atoms with Gasteiger partial charge in [-0.25, -0.2) is 9.18 Å². The van der Waals surface area contributed by atoms with Gasteiger partial charge in [-0.3, -0.25) is 4.79 Å². The van der Waals surface area contributed by atoms with Crippen LogP contribution in [-0.2, 0) is 9.53 Å². The molecule has 2 rings (SSSR count). The van der Waals surface area contributed by atoms with Crippen LogP contribution in [0.4, 0.5) is 10.1 Å². The molecule has 1 N–H and O–H groups in total. The Bertz CT molecular complexity index is 791. The van der Waals surface area contributed by atoms with E-state index in [9.17, 15) is 14.0 Å². The second kappa shape index (κ2) is 8.99. The molecule has 5 nitrogen and oxygen atoms in total. The topological polar surface area (TPSA) is 64.6 Å². The van der Waals surface area contributed by atoms with E-state index in [4.69, 9.17) is 9.47 Å². The predicted octanol–water partition coefficient (Wildman–Crippen LogP) is 4.14. The fourth-order valence-corrected chi connectivity index (χ4v) is 2.45. The number of nitrogens with one attached hydrogen (secondary N) is 1. The van der Waals surface area contributed by atoms with Gasteiger partial charge in [0.2, 0.25) is 0 Å². The number of halogens is 1.